The number of aromatic nitrogens is 2. The van der Waals surface area contributed by atoms with Crippen LogP contribution in [0.4, 0.5) is 0 Å². The van der Waals surface area contributed by atoms with E-state index in [9.17, 15) is 8.42 Å². The molecule has 4 rings (SSSR count). The zero-order valence-electron chi connectivity index (χ0n) is 17.7. The van der Waals surface area contributed by atoms with Crippen LogP contribution in [0.2, 0.25) is 0 Å². The van der Waals surface area contributed by atoms with E-state index in [0.29, 0.717) is 23.6 Å². The molecule has 0 aliphatic carbocycles. The second kappa shape index (κ2) is 9.56. The average molecular weight is 470 g/mol. The molecule has 32 heavy (non-hydrogen) atoms. The van der Waals surface area contributed by atoms with Crippen LogP contribution in [0.1, 0.15) is 5.56 Å². The van der Waals surface area contributed by atoms with Crippen LogP contribution in [-0.2, 0) is 16.4 Å². The zero-order valence-corrected chi connectivity index (χ0v) is 19.3. The smallest absolute Gasteiger partial charge is 0.244 e. The van der Waals surface area contributed by atoms with Crippen molar-refractivity contribution in [3.05, 3.63) is 77.8 Å². The van der Waals surface area contributed by atoms with Crippen molar-refractivity contribution in [1.82, 2.24) is 14.5 Å². The molecule has 0 spiro atoms. The number of ether oxygens (including phenoxy) is 2. The Morgan fingerprint density at radius 3 is 2.47 bits per heavy atom. The molecule has 0 amide bonds. The molecule has 0 saturated heterocycles. The minimum absolute atomic E-state index is 0.149. The number of sulfonamides is 1. The standard InChI is InChI=1S/C23H23N3O4S2/c1-29-19-11-10-17(15-20(19)30-2)12-13-24-32(27,28)22-16-26(18-7-4-3-5-8-18)25-23(22)21-9-6-14-31-21/h3-11,14-16,24H,12-13H2,1-2H3. The van der Waals surface area contributed by atoms with Crippen LogP contribution in [0.3, 0.4) is 0 Å². The summed E-state index contributed by atoms with van der Waals surface area (Å²) in [5.74, 6) is 1.24. The summed E-state index contributed by atoms with van der Waals surface area (Å²) < 4.78 is 41.3. The molecule has 2 heterocycles. The minimum Gasteiger partial charge on any atom is -0.493 e. The number of nitrogens with one attached hydrogen (secondary N) is 1. The lowest BCUT2D eigenvalue weighted by Gasteiger charge is -2.10. The van der Waals surface area contributed by atoms with Gasteiger partial charge in [-0.15, -0.1) is 11.3 Å². The van der Waals surface area contributed by atoms with Crippen molar-refractivity contribution in [2.75, 3.05) is 20.8 Å². The highest BCUT2D eigenvalue weighted by molar-refractivity contribution is 7.89. The molecule has 0 saturated carbocycles. The Kier molecular flexibility index (Phi) is 6.59. The molecule has 0 radical (unpaired) electrons. The number of methoxy groups -OCH3 is 2. The molecule has 7 nitrogen and oxygen atoms in total. The average Bonchev–Trinajstić information content (AvgIpc) is 3.50. The van der Waals surface area contributed by atoms with Crippen molar-refractivity contribution in [1.29, 1.82) is 0 Å². The zero-order chi connectivity index (χ0) is 22.6. The van der Waals surface area contributed by atoms with Crippen molar-refractivity contribution in [2.24, 2.45) is 0 Å². The SMILES string of the molecule is COc1ccc(CCNS(=O)(=O)c2cn(-c3ccccc3)nc2-c2cccs2)cc1OC. The van der Waals surface area contributed by atoms with Crippen LogP contribution in [0.15, 0.2) is 77.1 Å². The molecule has 1 N–H and O–H groups in total. The second-order valence-corrected chi connectivity index (χ2v) is 9.62. The van der Waals surface area contributed by atoms with E-state index < -0.39 is 10.0 Å². The van der Waals surface area contributed by atoms with E-state index in [1.165, 1.54) is 11.3 Å². The topological polar surface area (TPSA) is 82.5 Å². The Bertz CT molecular complexity index is 1280. The predicted octanol–water partition coefficient (Wildman–Crippen LogP) is 4.14. The number of nitrogens with zero attached hydrogens (tertiary/aromatic N) is 2. The summed E-state index contributed by atoms with van der Waals surface area (Å²) in [5.41, 5.74) is 2.16. The third-order valence-corrected chi connectivity index (χ3v) is 7.24. The molecule has 9 heteroatoms. The highest BCUT2D eigenvalue weighted by Crippen LogP contribution is 2.31. The molecule has 0 aliphatic rings. The molecule has 0 fully saturated rings. The van der Waals surface area contributed by atoms with Gasteiger partial charge >= 0.3 is 0 Å². The first kappa shape index (κ1) is 22.1. The van der Waals surface area contributed by atoms with E-state index >= 15 is 0 Å². The lowest BCUT2D eigenvalue weighted by molar-refractivity contribution is 0.354. The van der Waals surface area contributed by atoms with Gasteiger partial charge in [-0.2, -0.15) is 5.10 Å². The Labute approximate surface area is 191 Å². The molecule has 0 atom stereocenters. The number of para-hydroxylation sites is 1. The number of hydrogen-bond donors (Lipinski definition) is 1. The highest BCUT2D eigenvalue weighted by atomic mass is 32.2. The van der Waals surface area contributed by atoms with Gasteiger partial charge in [0.15, 0.2) is 11.5 Å². The second-order valence-electron chi connectivity index (χ2n) is 6.94. The molecular weight excluding hydrogens is 446 g/mol. The summed E-state index contributed by atoms with van der Waals surface area (Å²) in [5, 5.41) is 6.48. The van der Waals surface area contributed by atoms with Crippen LogP contribution in [-0.4, -0.2) is 39.0 Å². The Balaban J connectivity index is 1.57. The van der Waals surface area contributed by atoms with Gasteiger partial charge in [-0.05, 0) is 47.7 Å². The van der Waals surface area contributed by atoms with E-state index in [2.05, 4.69) is 9.82 Å². The maximum atomic E-state index is 13.2. The fraction of sp³-hybridized carbons (Fsp3) is 0.174. The maximum absolute atomic E-state index is 13.2. The van der Waals surface area contributed by atoms with Gasteiger partial charge in [0, 0.05) is 6.54 Å². The van der Waals surface area contributed by atoms with Crippen molar-refractivity contribution in [3.8, 4) is 27.8 Å². The quantitative estimate of drug-likeness (QED) is 0.398. The molecule has 2 aromatic heterocycles. The van der Waals surface area contributed by atoms with E-state index in [1.54, 1.807) is 31.2 Å². The minimum atomic E-state index is -3.79. The normalized spacial score (nSPS) is 11.4. The first-order valence-electron chi connectivity index (χ1n) is 9.91. The van der Waals surface area contributed by atoms with Crippen LogP contribution >= 0.6 is 11.3 Å². The predicted molar refractivity (Wildman–Crippen MR) is 125 cm³/mol. The number of hydrogen-bond acceptors (Lipinski definition) is 6. The van der Waals surface area contributed by atoms with Gasteiger partial charge < -0.3 is 9.47 Å². The number of thiophene rings is 1. The number of benzene rings is 2. The lowest BCUT2D eigenvalue weighted by Crippen LogP contribution is -2.26. The molecule has 0 unspecified atom stereocenters. The summed E-state index contributed by atoms with van der Waals surface area (Å²) in [6.07, 6.45) is 2.06. The summed E-state index contributed by atoms with van der Waals surface area (Å²) in [6.45, 7) is 0.234. The van der Waals surface area contributed by atoms with Crippen molar-refractivity contribution < 1.29 is 17.9 Å². The third-order valence-electron chi connectivity index (χ3n) is 4.90. The first-order valence-corrected chi connectivity index (χ1v) is 12.3. The van der Waals surface area contributed by atoms with Gasteiger partial charge in [-0.1, -0.05) is 30.3 Å². The summed E-state index contributed by atoms with van der Waals surface area (Å²) in [6, 6.07) is 18.7. The van der Waals surface area contributed by atoms with Gasteiger partial charge in [0.25, 0.3) is 0 Å². The largest absolute Gasteiger partial charge is 0.493 e. The van der Waals surface area contributed by atoms with Gasteiger partial charge in [-0.3, -0.25) is 0 Å². The first-order chi connectivity index (χ1) is 15.5. The molecule has 2 aromatic carbocycles. The molecule has 0 bridgehead atoms. The van der Waals surface area contributed by atoms with Crippen molar-refractivity contribution >= 4 is 21.4 Å². The number of rotatable bonds is 9. The van der Waals surface area contributed by atoms with Gasteiger partial charge in [0.2, 0.25) is 10.0 Å². The molecule has 0 aliphatic heterocycles. The van der Waals surface area contributed by atoms with Crippen molar-refractivity contribution in [2.45, 2.75) is 11.3 Å². The van der Waals surface area contributed by atoms with Crippen LogP contribution < -0.4 is 14.2 Å². The van der Waals surface area contributed by atoms with E-state index in [4.69, 9.17) is 9.47 Å². The van der Waals surface area contributed by atoms with E-state index in [1.807, 2.05) is 60.0 Å². The van der Waals surface area contributed by atoms with Crippen LogP contribution in [0.25, 0.3) is 16.3 Å². The van der Waals surface area contributed by atoms with Crippen LogP contribution in [0, 0.1) is 0 Å². The van der Waals surface area contributed by atoms with Crippen molar-refractivity contribution in [3.63, 3.8) is 0 Å². The monoisotopic (exact) mass is 469 g/mol. The maximum Gasteiger partial charge on any atom is 0.244 e. The third kappa shape index (κ3) is 4.69. The highest BCUT2D eigenvalue weighted by Gasteiger charge is 2.24. The Morgan fingerprint density at radius 2 is 1.78 bits per heavy atom. The fourth-order valence-corrected chi connectivity index (χ4v) is 5.25. The summed E-state index contributed by atoms with van der Waals surface area (Å²) in [4.78, 5) is 0.941. The Morgan fingerprint density at radius 1 is 1.00 bits per heavy atom. The van der Waals surface area contributed by atoms with E-state index in [0.717, 1.165) is 16.1 Å². The van der Waals surface area contributed by atoms with Gasteiger partial charge in [0.05, 0.1) is 31.0 Å². The van der Waals surface area contributed by atoms with Gasteiger partial charge in [-0.25, -0.2) is 17.8 Å². The lowest BCUT2D eigenvalue weighted by atomic mass is 10.1. The summed E-state index contributed by atoms with van der Waals surface area (Å²) >= 11 is 1.45. The molecule has 166 valence electrons. The summed E-state index contributed by atoms with van der Waals surface area (Å²) in [7, 11) is -0.639. The Hall–Kier alpha value is -3.14. The molecule has 4 aromatic rings. The molecular formula is C23H23N3O4S2. The fourth-order valence-electron chi connectivity index (χ4n) is 3.30. The van der Waals surface area contributed by atoms with Crippen LogP contribution in [0.5, 0.6) is 11.5 Å². The van der Waals surface area contributed by atoms with Gasteiger partial charge in [0.1, 0.15) is 10.6 Å². The van der Waals surface area contributed by atoms with E-state index in [-0.39, 0.29) is 11.4 Å².